The molecule has 0 aliphatic carbocycles. The number of amides is 1. The maximum Gasteiger partial charge on any atom is 0.300 e. The first-order valence-electron chi connectivity index (χ1n) is 11.9. The molecule has 7 heteroatoms. The van der Waals surface area contributed by atoms with Crippen LogP contribution in [0.2, 0.25) is 0 Å². The number of nitrogens with one attached hydrogen (secondary N) is 1. The second-order valence-corrected chi connectivity index (χ2v) is 8.84. The zero-order valence-electron chi connectivity index (χ0n) is 19.7. The van der Waals surface area contributed by atoms with Gasteiger partial charge in [0.1, 0.15) is 19.0 Å². The van der Waals surface area contributed by atoms with Crippen molar-refractivity contribution in [1.29, 1.82) is 0 Å². The first-order chi connectivity index (χ1) is 17.6. The van der Waals surface area contributed by atoms with Gasteiger partial charge in [-0.15, -0.1) is 0 Å². The summed E-state index contributed by atoms with van der Waals surface area (Å²) in [7, 11) is 0. The summed E-state index contributed by atoms with van der Waals surface area (Å²) in [4.78, 5) is 31.5. The van der Waals surface area contributed by atoms with Crippen molar-refractivity contribution in [3.63, 3.8) is 0 Å². The lowest BCUT2D eigenvalue weighted by molar-refractivity contribution is -0.132. The van der Waals surface area contributed by atoms with E-state index in [2.05, 4.69) is 11.9 Å². The van der Waals surface area contributed by atoms with Crippen molar-refractivity contribution in [2.45, 2.75) is 19.4 Å². The number of carbonyl (C=O) groups is 2. The lowest BCUT2D eigenvalue weighted by atomic mass is 9.94. The van der Waals surface area contributed by atoms with Crippen LogP contribution in [-0.4, -0.2) is 35.0 Å². The molecule has 0 saturated carbocycles. The average molecular weight is 481 g/mol. The SMILES string of the molecule is CCc1ccc(C2/C(=C(/O)c3c[nH]c4ccccc34)C(=O)C(=O)N2c2ccc3c(c2)OCCO3)cc1. The lowest BCUT2D eigenvalue weighted by Gasteiger charge is -2.27. The molecule has 6 rings (SSSR count). The smallest absolute Gasteiger partial charge is 0.300 e. The van der Waals surface area contributed by atoms with Crippen LogP contribution in [-0.2, 0) is 16.0 Å². The number of Topliss-reactive ketones (excluding diaryl/α,β-unsaturated/α-hetero) is 1. The van der Waals surface area contributed by atoms with Crippen LogP contribution in [0, 0.1) is 0 Å². The Balaban J connectivity index is 1.55. The van der Waals surface area contributed by atoms with Gasteiger partial charge < -0.3 is 19.6 Å². The number of hydrogen-bond donors (Lipinski definition) is 2. The van der Waals surface area contributed by atoms with Crippen LogP contribution in [0.4, 0.5) is 5.69 Å². The molecule has 2 aliphatic heterocycles. The summed E-state index contributed by atoms with van der Waals surface area (Å²) in [5, 5.41) is 12.3. The molecule has 1 atom stereocenters. The number of carbonyl (C=O) groups excluding carboxylic acids is 2. The van der Waals surface area contributed by atoms with Gasteiger partial charge in [-0.1, -0.05) is 49.4 Å². The van der Waals surface area contributed by atoms with Gasteiger partial charge in [0.05, 0.1) is 11.6 Å². The molecule has 1 fully saturated rings. The van der Waals surface area contributed by atoms with E-state index in [-0.39, 0.29) is 11.3 Å². The number of aryl methyl sites for hydroxylation is 1. The van der Waals surface area contributed by atoms with Gasteiger partial charge >= 0.3 is 0 Å². The molecule has 0 spiro atoms. The van der Waals surface area contributed by atoms with Crippen molar-refractivity contribution in [2.75, 3.05) is 18.1 Å². The number of fused-ring (bicyclic) bond motifs is 2. The minimum absolute atomic E-state index is 0.0453. The molecule has 1 aromatic heterocycles. The number of rotatable bonds is 4. The third-order valence-electron chi connectivity index (χ3n) is 6.80. The van der Waals surface area contributed by atoms with Gasteiger partial charge in [-0.2, -0.15) is 0 Å². The van der Waals surface area contributed by atoms with E-state index < -0.39 is 17.7 Å². The normalized spacial score (nSPS) is 18.7. The third-order valence-corrected chi connectivity index (χ3v) is 6.80. The van der Waals surface area contributed by atoms with Crippen molar-refractivity contribution in [1.82, 2.24) is 4.98 Å². The van der Waals surface area contributed by atoms with Gasteiger partial charge in [-0.05, 0) is 35.7 Å². The highest BCUT2D eigenvalue weighted by molar-refractivity contribution is 6.51. The lowest BCUT2D eigenvalue weighted by Crippen LogP contribution is -2.29. The molecular formula is C29H24N2O5. The highest BCUT2D eigenvalue weighted by Crippen LogP contribution is 2.45. The Labute approximate surface area is 207 Å². The van der Waals surface area contributed by atoms with E-state index in [1.54, 1.807) is 24.4 Å². The summed E-state index contributed by atoms with van der Waals surface area (Å²) in [5.41, 5.74) is 3.69. The fourth-order valence-electron chi connectivity index (χ4n) is 4.94. The number of aliphatic hydroxyl groups excluding tert-OH is 1. The molecule has 0 radical (unpaired) electrons. The van der Waals surface area contributed by atoms with E-state index in [0.29, 0.717) is 36.0 Å². The van der Waals surface area contributed by atoms with E-state index in [4.69, 9.17) is 9.47 Å². The van der Waals surface area contributed by atoms with Crippen LogP contribution in [0.25, 0.3) is 16.7 Å². The molecule has 4 aromatic rings. The van der Waals surface area contributed by atoms with Crippen LogP contribution in [0.15, 0.2) is 78.5 Å². The van der Waals surface area contributed by atoms with E-state index in [1.165, 1.54) is 4.90 Å². The second-order valence-electron chi connectivity index (χ2n) is 8.84. The van der Waals surface area contributed by atoms with Gasteiger partial charge in [-0.25, -0.2) is 0 Å². The van der Waals surface area contributed by atoms with Crippen molar-refractivity contribution in [3.05, 3.63) is 95.2 Å². The highest BCUT2D eigenvalue weighted by atomic mass is 16.6. The number of H-pyrrole nitrogens is 1. The molecule has 3 heterocycles. The number of ether oxygens (including phenoxy) is 2. The third kappa shape index (κ3) is 3.43. The quantitative estimate of drug-likeness (QED) is 0.240. The number of ketones is 1. The summed E-state index contributed by atoms with van der Waals surface area (Å²) in [6.07, 6.45) is 2.52. The zero-order chi connectivity index (χ0) is 24.8. The number of aliphatic hydroxyl groups is 1. The Hall–Kier alpha value is -4.52. The molecule has 7 nitrogen and oxygen atoms in total. The molecule has 2 N–H and O–H groups in total. The Morgan fingerprint density at radius 2 is 1.75 bits per heavy atom. The molecule has 1 unspecified atom stereocenters. The fourth-order valence-corrected chi connectivity index (χ4v) is 4.94. The van der Waals surface area contributed by atoms with Crippen LogP contribution < -0.4 is 14.4 Å². The van der Waals surface area contributed by atoms with Crippen LogP contribution in [0.3, 0.4) is 0 Å². The first-order valence-corrected chi connectivity index (χ1v) is 11.9. The number of anilines is 1. The summed E-state index contributed by atoms with van der Waals surface area (Å²) in [6.45, 7) is 2.91. The molecule has 2 aliphatic rings. The van der Waals surface area contributed by atoms with Gasteiger partial charge in [0, 0.05) is 34.4 Å². The van der Waals surface area contributed by atoms with Gasteiger partial charge in [-0.3, -0.25) is 14.5 Å². The van der Waals surface area contributed by atoms with Crippen molar-refractivity contribution >= 4 is 34.0 Å². The predicted octanol–water partition coefficient (Wildman–Crippen LogP) is 5.13. The number of benzene rings is 3. The molecule has 1 saturated heterocycles. The number of nitrogens with zero attached hydrogens (tertiary/aromatic N) is 1. The number of para-hydroxylation sites is 1. The molecule has 36 heavy (non-hydrogen) atoms. The molecule has 3 aromatic carbocycles. The Morgan fingerprint density at radius 3 is 2.53 bits per heavy atom. The summed E-state index contributed by atoms with van der Waals surface area (Å²) < 4.78 is 11.4. The largest absolute Gasteiger partial charge is 0.507 e. The van der Waals surface area contributed by atoms with Crippen LogP contribution in [0.1, 0.15) is 29.7 Å². The summed E-state index contributed by atoms with van der Waals surface area (Å²) in [5.74, 6) is -0.563. The van der Waals surface area contributed by atoms with Crippen LogP contribution in [0.5, 0.6) is 11.5 Å². The molecule has 1 amide bonds. The van der Waals surface area contributed by atoms with E-state index >= 15 is 0 Å². The van der Waals surface area contributed by atoms with E-state index in [1.807, 2.05) is 48.5 Å². The van der Waals surface area contributed by atoms with Gasteiger partial charge in [0.2, 0.25) is 0 Å². The summed E-state index contributed by atoms with van der Waals surface area (Å²) in [6, 6.07) is 19.6. The Bertz CT molecular complexity index is 1530. The standard InChI is InChI=1S/C29H24N2O5/c1-2-17-7-9-18(10-8-17)26-25(27(32)21-16-30-22-6-4-3-5-20(21)22)28(33)29(34)31(26)19-11-12-23-24(15-19)36-14-13-35-23/h3-12,15-16,26,30,32H,2,13-14H2,1H3/b27-25-. The maximum atomic E-state index is 13.5. The predicted molar refractivity (Wildman–Crippen MR) is 136 cm³/mol. The van der Waals surface area contributed by atoms with E-state index in [0.717, 1.165) is 28.5 Å². The molecular weight excluding hydrogens is 456 g/mol. The number of aromatic amines is 1. The minimum Gasteiger partial charge on any atom is -0.507 e. The first kappa shape index (κ1) is 22.0. The minimum atomic E-state index is -0.813. The second kappa shape index (κ2) is 8.61. The molecule has 0 bridgehead atoms. The topological polar surface area (TPSA) is 91.9 Å². The Morgan fingerprint density at radius 1 is 1.00 bits per heavy atom. The fraction of sp³-hybridized carbons (Fsp3) is 0.172. The van der Waals surface area contributed by atoms with Gasteiger partial charge in [0.15, 0.2) is 11.5 Å². The van der Waals surface area contributed by atoms with Gasteiger partial charge in [0.25, 0.3) is 11.7 Å². The van der Waals surface area contributed by atoms with Crippen molar-refractivity contribution < 1.29 is 24.2 Å². The number of aromatic nitrogens is 1. The van der Waals surface area contributed by atoms with Crippen molar-refractivity contribution in [3.8, 4) is 11.5 Å². The van der Waals surface area contributed by atoms with E-state index in [9.17, 15) is 14.7 Å². The van der Waals surface area contributed by atoms with Crippen molar-refractivity contribution in [2.24, 2.45) is 0 Å². The Kier molecular flexibility index (Phi) is 5.25. The zero-order valence-corrected chi connectivity index (χ0v) is 19.7. The summed E-state index contributed by atoms with van der Waals surface area (Å²) >= 11 is 0. The molecule has 180 valence electrons. The highest BCUT2D eigenvalue weighted by Gasteiger charge is 2.47. The average Bonchev–Trinajstić information content (AvgIpc) is 3.47. The monoisotopic (exact) mass is 480 g/mol. The van der Waals surface area contributed by atoms with Crippen LogP contribution >= 0.6 is 0 Å². The maximum absolute atomic E-state index is 13.5. The number of hydrogen-bond acceptors (Lipinski definition) is 5.